The van der Waals surface area contributed by atoms with E-state index in [9.17, 15) is 24.6 Å². The predicted octanol–water partition coefficient (Wildman–Crippen LogP) is -0.860. The maximum absolute atomic E-state index is 13.0. The minimum atomic E-state index is -1.33. The highest BCUT2D eigenvalue weighted by atomic mass is 16.6. The molecule has 8 unspecified atom stereocenters. The van der Waals surface area contributed by atoms with Crippen LogP contribution in [-0.2, 0) is 33.3 Å². The molecule has 140 valence electrons. The smallest absolute Gasteiger partial charge is 0.304 e. The van der Waals surface area contributed by atoms with Crippen molar-refractivity contribution in [1.29, 1.82) is 0 Å². The number of ketones is 1. The molecule has 1 aliphatic carbocycles. The number of ether oxygens (including phenoxy) is 4. The van der Waals surface area contributed by atoms with E-state index in [1.54, 1.807) is 0 Å². The van der Waals surface area contributed by atoms with Gasteiger partial charge in [0.2, 0.25) is 0 Å². The number of methoxy groups -OCH3 is 2. The summed E-state index contributed by atoms with van der Waals surface area (Å²) < 4.78 is 21.8. The van der Waals surface area contributed by atoms with Crippen LogP contribution < -0.4 is 0 Å². The van der Waals surface area contributed by atoms with Crippen LogP contribution in [0.1, 0.15) is 19.8 Å². The Morgan fingerprint density at radius 3 is 2.44 bits per heavy atom. The zero-order valence-electron chi connectivity index (χ0n) is 14.2. The summed E-state index contributed by atoms with van der Waals surface area (Å²) in [6.07, 6.45) is -5.67. The molecule has 8 atom stereocenters. The van der Waals surface area contributed by atoms with Crippen molar-refractivity contribution >= 4 is 17.7 Å². The molecular weight excluding hydrogens is 336 g/mol. The van der Waals surface area contributed by atoms with Gasteiger partial charge in [0.25, 0.3) is 0 Å². The van der Waals surface area contributed by atoms with E-state index in [2.05, 4.69) is 0 Å². The summed E-state index contributed by atoms with van der Waals surface area (Å²) in [4.78, 5) is 35.7. The van der Waals surface area contributed by atoms with Gasteiger partial charge in [0.1, 0.15) is 12.2 Å². The number of carboxylic acids is 1. The lowest BCUT2D eigenvalue weighted by Gasteiger charge is -2.51. The minimum absolute atomic E-state index is 0.164. The molecule has 0 aromatic rings. The Hall–Kier alpha value is -1.55. The molecule has 2 heterocycles. The van der Waals surface area contributed by atoms with Gasteiger partial charge in [0, 0.05) is 33.0 Å². The first-order valence-electron chi connectivity index (χ1n) is 8.09. The van der Waals surface area contributed by atoms with Crippen molar-refractivity contribution in [2.24, 2.45) is 11.3 Å². The van der Waals surface area contributed by atoms with Crippen molar-refractivity contribution < 1.29 is 43.5 Å². The number of carbonyl (C=O) groups is 3. The standard InChI is InChI=1S/C16H22O9/c1-6(17)24-7-4-8(18)16(5-9(19)20)10(11(7)21)12-13(22-2)14(23-3)15(16)25-12/h7-8,10,12-15,18H,4-5H2,1-3H3,(H,19,20). The topological polar surface area (TPSA) is 129 Å². The highest BCUT2D eigenvalue weighted by Crippen LogP contribution is 2.60. The second-order valence-corrected chi connectivity index (χ2v) is 6.83. The zero-order valence-corrected chi connectivity index (χ0v) is 14.2. The first kappa shape index (κ1) is 18.2. The van der Waals surface area contributed by atoms with Crippen LogP contribution in [0.4, 0.5) is 0 Å². The molecular formula is C16H22O9. The second kappa shape index (κ2) is 6.31. The number of Topliss-reactive ketones (excluding diaryl/α,β-unsaturated/α-hetero) is 1. The number of rotatable bonds is 5. The molecule has 2 saturated heterocycles. The van der Waals surface area contributed by atoms with Crippen LogP contribution in [0, 0.1) is 11.3 Å². The van der Waals surface area contributed by atoms with Crippen LogP contribution in [0.15, 0.2) is 0 Å². The number of fused-ring (bicyclic) bond motifs is 5. The molecule has 0 aromatic heterocycles. The zero-order chi connectivity index (χ0) is 18.5. The van der Waals surface area contributed by atoms with Crippen LogP contribution in [-0.4, -0.2) is 78.8 Å². The number of carboxylic acid groups (broad SMARTS) is 1. The van der Waals surface area contributed by atoms with E-state index in [1.165, 1.54) is 21.1 Å². The van der Waals surface area contributed by atoms with Gasteiger partial charge in [-0.05, 0) is 0 Å². The van der Waals surface area contributed by atoms with Gasteiger partial charge in [-0.2, -0.15) is 0 Å². The first-order chi connectivity index (χ1) is 11.8. The molecule has 0 aromatic carbocycles. The van der Waals surface area contributed by atoms with Gasteiger partial charge >= 0.3 is 11.9 Å². The molecule has 1 saturated carbocycles. The summed E-state index contributed by atoms with van der Waals surface area (Å²) >= 11 is 0. The second-order valence-electron chi connectivity index (χ2n) is 6.83. The number of hydrogen-bond donors (Lipinski definition) is 2. The fourth-order valence-electron chi connectivity index (χ4n) is 4.85. The van der Waals surface area contributed by atoms with E-state index < -0.39 is 72.1 Å². The normalized spacial score (nSPS) is 45.3. The van der Waals surface area contributed by atoms with Gasteiger partial charge in [-0.1, -0.05) is 0 Å². The molecule has 3 rings (SSSR count). The number of hydrogen-bond acceptors (Lipinski definition) is 8. The summed E-state index contributed by atoms with van der Waals surface area (Å²) in [5.74, 6) is -3.18. The van der Waals surface area contributed by atoms with Crippen LogP contribution >= 0.6 is 0 Å². The Labute approximate surface area is 144 Å². The van der Waals surface area contributed by atoms with E-state index in [-0.39, 0.29) is 6.42 Å². The molecule has 2 aliphatic heterocycles. The third-order valence-electron chi connectivity index (χ3n) is 5.68. The monoisotopic (exact) mass is 358 g/mol. The average molecular weight is 358 g/mol. The number of aliphatic carboxylic acids is 1. The molecule has 9 nitrogen and oxygen atoms in total. The van der Waals surface area contributed by atoms with Crippen LogP contribution in [0.2, 0.25) is 0 Å². The SMILES string of the molecule is COC1C(OC)C2OC1C1C(=O)C(OC(C)=O)CC(O)C21CC(=O)O. The predicted molar refractivity (Wildman–Crippen MR) is 79.6 cm³/mol. The number of esters is 1. The van der Waals surface area contributed by atoms with Crippen molar-refractivity contribution in [3.05, 3.63) is 0 Å². The number of aliphatic hydroxyl groups excluding tert-OH is 1. The van der Waals surface area contributed by atoms with Crippen molar-refractivity contribution in [2.75, 3.05) is 14.2 Å². The third-order valence-corrected chi connectivity index (χ3v) is 5.68. The average Bonchev–Trinajstić information content (AvgIpc) is 3.04. The Kier molecular flexibility index (Phi) is 4.61. The van der Waals surface area contributed by atoms with Crippen LogP contribution in [0.3, 0.4) is 0 Å². The van der Waals surface area contributed by atoms with Crippen molar-refractivity contribution in [2.45, 2.75) is 56.4 Å². The van der Waals surface area contributed by atoms with Crippen LogP contribution in [0.25, 0.3) is 0 Å². The molecule has 2 N–H and O–H groups in total. The summed E-state index contributed by atoms with van der Waals surface area (Å²) in [6.45, 7) is 1.18. The summed E-state index contributed by atoms with van der Waals surface area (Å²) in [5.41, 5.74) is -1.33. The largest absolute Gasteiger partial charge is 0.481 e. The van der Waals surface area contributed by atoms with Gasteiger partial charge in [-0.3, -0.25) is 14.4 Å². The van der Waals surface area contributed by atoms with Crippen molar-refractivity contribution in [3.8, 4) is 0 Å². The van der Waals surface area contributed by atoms with Gasteiger partial charge < -0.3 is 29.2 Å². The Bertz CT molecular complexity index is 590. The number of carbonyl (C=O) groups excluding carboxylic acids is 2. The lowest BCUT2D eigenvalue weighted by Crippen LogP contribution is -2.66. The molecule has 9 heteroatoms. The Morgan fingerprint density at radius 1 is 1.28 bits per heavy atom. The highest BCUT2D eigenvalue weighted by molar-refractivity contribution is 5.91. The number of aliphatic hydroxyl groups is 1. The van der Waals surface area contributed by atoms with E-state index in [0.29, 0.717) is 0 Å². The van der Waals surface area contributed by atoms with E-state index >= 15 is 0 Å². The van der Waals surface area contributed by atoms with E-state index in [0.717, 1.165) is 0 Å². The van der Waals surface area contributed by atoms with Crippen molar-refractivity contribution in [1.82, 2.24) is 0 Å². The molecule has 0 radical (unpaired) electrons. The summed E-state index contributed by atoms with van der Waals surface area (Å²) in [7, 11) is 2.90. The molecule has 0 spiro atoms. The van der Waals surface area contributed by atoms with Gasteiger partial charge in [0.15, 0.2) is 11.9 Å². The van der Waals surface area contributed by atoms with E-state index in [4.69, 9.17) is 18.9 Å². The quantitative estimate of drug-likeness (QED) is 0.603. The fraction of sp³-hybridized carbons (Fsp3) is 0.812. The summed E-state index contributed by atoms with van der Waals surface area (Å²) in [5, 5.41) is 20.2. The molecule has 2 bridgehead atoms. The maximum atomic E-state index is 13.0. The maximum Gasteiger partial charge on any atom is 0.304 e. The van der Waals surface area contributed by atoms with Gasteiger partial charge in [-0.15, -0.1) is 0 Å². The van der Waals surface area contributed by atoms with Crippen molar-refractivity contribution in [3.63, 3.8) is 0 Å². The third kappa shape index (κ3) is 2.49. The van der Waals surface area contributed by atoms with Gasteiger partial charge in [0.05, 0.1) is 30.7 Å². The minimum Gasteiger partial charge on any atom is -0.481 e. The molecule has 3 fully saturated rings. The lowest BCUT2D eigenvalue weighted by atomic mass is 9.54. The summed E-state index contributed by atoms with van der Waals surface area (Å²) in [6, 6.07) is 0. The Balaban J connectivity index is 2.04. The molecule has 0 amide bonds. The Morgan fingerprint density at radius 2 is 1.92 bits per heavy atom. The lowest BCUT2D eigenvalue weighted by molar-refractivity contribution is -0.188. The van der Waals surface area contributed by atoms with Crippen LogP contribution in [0.5, 0.6) is 0 Å². The van der Waals surface area contributed by atoms with E-state index in [1.807, 2.05) is 0 Å². The molecule has 3 aliphatic rings. The highest BCUT2D eigenvalue weighted by Gasteiger charge is 2.75. The first-order valence-corrected chi connectivity index (χ1v) is 8.09. The fourth-order valence-corrected chi connectivity index (χ4v) is 4.85. The van der Waals surface area contributed by atoms with Gasteiger partial charge in [-0.25, -0.2) is 0 Å². The molecule has 25 heavy (non-hydrogen) atoms.